The van der Waals surface area contributed by atoms with Gasteiger partial charge in [0.05, 0.1) is 6.42 Å². The monoisotopic (exact) mass is 251 g/mol. The molecule has 0 radical (unpaired) electrons. The molecule has 17 heavy (non-hydrogen) atoms. The molecule has 1 aromatic heterocycles. The van der Waals surface area contributed by atoms with Gasteiger partial charge in [0.15, 0.2) is 0 Å². The third kappa shape index (κ3) is 3.16. The molecule has 4 heteroatoms. The van der Waals surface area contributed by atoms with Crippen LogP contribution in [0.4, 0.5) is 0 Å². The van der Waals surface area contributed by atoms with Crippen LogP contribution in [0, 0.1) is 0 Å². The summed E-state index contributed by atoms with van der Waals surface area (Å²) < 4.78 is 0. The molecule has 1 amide bonds. The molecular formula is C13H17NO2S. The van der Waals surface area contributed by atoms with Crippen LogP contribution in [-0.4, -0.2) is 29.2 Å². The Hall–Kier alpha value is -1.16. The fourth-order valence-electron chi connectivity index (χ4n) is 2.38. The Labute approximate surface area is 105 Å². The fraction of sp³-hybridized carbons (Fsp3) is 0.538. The predicted octanol–water partition coefficient (Wildman–Crippen LogP) is 2.26. The average molecular weight is 251 g/mol. The molecule has 1 aliphatic heterocycles. The van der Waals surface area contributed by atoms with E-state index in [2.05, 4.69) is 0 Å². The van der Waals surface area contributed by atoms with Crippen LogP contribution in [0.5, 0.6) is 0 Å². The highest BCUT2D eigenvalue weighted by atomic mass is 32.1. The summed E-state index contributed by atoms with van der Waals surface area (Å²) in [6.45, 7) is 2.40. The summed E-state index contributed by atoms with van der Waals surface area (Å²) in [5, 5.41) is 3.99. The van der Waals surface area contributed by atoms with Crippen LogP contribution in [0.1, 0.15) is 31.7 Å². The summed E-state index contributed by atoms with van der Waals surface area (Å²) >= 11 is 1.61. The van der Waals surface area contributed by atoms with E-state index in [1.807, 2.05) is 21.7 Å². The number of thiophene rings is 1. The van der Waals surface area contributed by atoms with Crippen molar-refractivity contribution in [2.24, 2.45) is 0 Å². The van der Waals surface area contributed by atoms with Gasteiger partial charge in [0.25, 0.3) is 0 Å². The van der Waals surface area contributed by atoms with Gasteiger partial charge >= 0.3 is 0 Å². The Morgan fingerprint density at radius 3 is 3.00 bits per heavy atom. The summed E-state index contributed by atoms with van der Waals surface area (Å²) in [6.07, 6.45) is 2.97. The molecule has 1 aliphatic rings. The van der Waals surface area contributed by atoms with Gasteiger partial charge in [-0.1, -0.05) is 0 Å². The van der Waals surface area contributed by atoms with Crippen LogP contribution in [0.2, 0.25) is 0 Å². The summed E-state index contributed by atoms with van der Waals surface area (Å²) in [7, 11) is 0. The van der Waals surface area contributed by atoms with E-state index >= 15 is 0 Å². The number of Topliss-reactive ketones (excluding diaryl/α,β-unsaturated/α-hetero) is 1. The second-order valence-corrected chi connectivity index (χ2v) is 5.38. The summed E-state index contributed by atoms with van der Waals surface area (Å²) in [5.74, 6) is 0.331. The van der Waals surface area contributed by atoms with E-state index < -0.39 is 0 Å². The van der Waals surface area contributed by atoms with Crippen molar-refractivity contribution in [3.05, 3.63) is 22.4 Å². The van der Waals surface area contributed by atoms with Crippen LogP contribution >= 0.6 is 11.3 Å². The molecule has 0 bridgehead atoms. The van der Waals surface area contributed by atoms with Gasteiger partial charge in [-0.2, -0.15) is 11.3 Å². The normalized spacial score (nSPS) is 19.6. The second-order valence-electron chi connectivity index (χ2n) is 4.60. The van der Waals surface area contributed by atoms with Crippen molar-refractivity contribution >= 4 is 23.0 Å². The van der Waals surface area contributed by atoms with Crippen molar-refractivity contribution in [2.75, 3.05) is 6.54 Å². The molecule has 0 saturated carbocycles. The first-order valence-electron chi connectivity index (χ1n) is 5.97. The molecular weight excluding hydrogens is 234 g/mol. The standard InChI is InChI=1S/C13H17NO2S/c1-10(15)7-12-3-2-5-14(12)13(16)8-11-4-6-17-9-11/h4,6,9,12H,2-3,5,7-8H2,1H3. The minimum atomic E-state index is 0.138. The molecule has 0 aliphatic carbocycles. The van der Waals surface area contributed by atoms with Gasteiger partial charge in [0, 0.05) is 19.0 Å². The Balaban J connectivity index is 1.96. The third-order valence-corrected chi connectivity index (χ3v) is 3.89. The van der Waals surface area contributed by atoms with Crippen molar-refractivity contribution in [1.29, 1.82) is 0 Å². The van der Waals surface area contributed by atoms with Gasteiger partial charge in [-0.15, -0.1) is 0 Å². The maximum atomic E-state index is 12.1. The summed E-state index contributed by atoms with van der Waals surface area (Å²) in [5.41, 5.74) is 1.08. The SMILES string of the molecule is CC(=O)CC1CCCN1C(=O)Cc1ccsc1. The number of nitrogens with zero attached hydrogens (tertiary/aromatic N) is 1. The van der Waals surface area contributed by atoms with Gasteiger partial charge in [0.1, 0.15) is 5.78 Å². The molecule has 1 aromatic rings. The lowest BCUT2D eigenvalue weighted by Crippen LogP contribution is -2.37. The number of carbonyl (C=O) groups is 2. The first kappa shape index (κ1) is 12.3. The topological polar surface area (TPSA) is 37.4 Å². The number of amides is 1. The first-order chi connectivity index (χ1) is 8.16. The van der Waals surface area contributed by atoms with Gasteiger partial charge in [-0.05, 0) is 42.2 Å². The Kier molecular flexibility index (Phi) is 3.94. The largest absolute Gasteiger partial charge is 0.339 e. The zero-order valence-electron chi connectivity index (χ0n) is 10.0. The van der Waals surface area contributed by atoms with Gasteiger partial charge < -0.3 is 4.90 Å². The lowest BCUT2D eigenvalue weighted by molar-refractivity contribution is -0.132. The zero-order chi connectivity index (χ0) is 12.3. The van der Waals surface area contributed by atoms with Crippen molar-refractivity contribution in [2.45, 2.75) is 38.6 Å². The van der Waals surface area contributed by atoms with E-state index in [9.17, 15) is 9.59 Å². The molecule has 2 rings (SSSR count). The first-order valence-corrected chi connectivity index (χ1v) is 6.91. The molecule has 1 atom stereocenters. The average Bonchev–Trinajstić information content (AvgIpc) is 2.87. The van der Waals surface area contributed by atoms with Gasteiger partial charge in [-0.3, -0.25) is 9.59 Å². The van der Waals surface area contributed by atoms with Crippen molar-refractivity contribution in [3.63, 3.8) is 0 Å². The molecule has 0 spiro atoms. The third-order valence-electron chi connectivity index (χ3n) is 3.16. The van der Waals surface area contributed by atoms with Crippen LogP contribution in [0.3, 0.4) is 0 Å². The van der Waals surface area contributed by atoms with E-state index in [0.717, 1.165) is 24.9 Å². The van der Waals surface area contributed by atoms with E-state index in [0.29, 0.717) is 12.8 Å². The van der Waals surface area contributed by atoms with Crippen LogP contribution < -0.4 is 0 Å². The zero-order valence-corrected chi connectivity index (χ0v) is 10.8. The van der Waals surface area contributed by atoms with Crippen molar-refractivity contribution in [3.8, 4) is 0 Å². The number of rotatable bonds is 4. The smallest absolute Gasteiger partial charge is 0.227 e. The Bertz CT molecular complexity index is 400. The fourth-order valence-corrected chi connectivity index (χ4v) is 3.05. The number of likely N-dealkylation sites (tertiary alicyclic amines) is 1. The van der Waals surface area contributed by atoms with Crippen LogP contribution in [0.15, 0.2) is 16.8 Å². The summed E-state index contributed by atoms with van der Waals surface area (Å²) in [6, 6.07) is 2.12. The quantitative estimate of drug-likeness (QED) is 0.823. The molecule has 1 saturated heterocycles. The van der Waals surface area contributed by atoms with Crippen LogP contribution in [-0.2, 0) is 16.0 Å². The number of ketones is 1. The highest BCUT2D eigenvalue weighted by Crippen LogP contribution is 2.21. The minimum absolute atomic E-state index is 0.138. The second kappa shape index (κ2) is 5.45. The highest BCUT2D eigenvalue weighted by molar-refractivity contribution is 7.07. The maximum absolute atomic E-state index is 12.1. The molecule has 3 nitrogen and oxygen atoms in total. The Morgan fingerprint density at radius 2 is 2.35 bits per heavy atom. The van der Waals surface area contributed by atoms with E-state index in [4.69, 9.17) is 0 Å². The summed E-state index contributed by atoms with van der Waals surface area (Å²) in [4.78, 5) is 25.2. The van der Waals surface area contributed by atoms with E-state index in [1.165, 1.54) is 0 Å². The van der Waals surface area contributed by atoms with E-state index in [-0.39, 0.29) is 17.7 Å². The molecule has 0 aromatic carbocycles. The number of carbonyl (C=O) groups excluding carboxylic acids is 2. The molecule has 1 fully saturated rings. The molecule has 0 N–H and O–H groups in total. The lowest BCUT2D eigenvalue weighted by atomic mass is 10.1. The highest BCUT2D eigenvalue weighted by Gasteiger charge is 2.29. The molecule has 2 heterocycles. The van der Waals surface area contributed by atoms with Gasteiger partial charge in [0.2, 0.25) is 5.91 Å². The van der Waals surface area contributed by atoms with Crippen molar-refractivity contribution in [1.82, 2.24) is 4.90 Å². The predicted molar refractivity (Wildman–Crippen MR) is 68.1 cm³/mol. The van der Waals surface area contributed by atoms with Gasteiger partial charge in [-0.25, -0.2) is 0 Å². The molecule has 92 valence electrons. The minimum Gasteiger partial charge on any atom is -0.339 e. The van der Waals surface area contributed by atoms with Crippen molar-refractivity contribution < 1.29 is 9.59 Å². The Morgan fingerprint density at radius 1 is 1.53 bits per heavy atom. The van der Waals surface area contributed by atoms with Crippen LogP contribution in [0.25, 0.3) is 0 Å². The lowest BCUT2D eigenvalue weighted by Gasteiger charge is -2.23. The molecule has 1 unspecified atom stereocenters. The van der Waals surface area contributed by atoms with E-state index in [1.54, 1.807) is 18.3 Å². The number of hydrogen-bond donors (Lipinski definition) is 0. The number of hydrogen-bond acceptors (Lipinski definition) is 3. The maximum Gasteiger partial charge on any atom is 0.227 e.